The molecule has 0 bridgehead atoms. The van der Waals surface area contributed by atoms with Gasteiger partial charge in [-0.3, -0.25) is 24.6 Å². The second-order valence-electron chi connectivity index (χ2n) is 9.19. The number of thioether (sulfide) groups is 2. The fourth-order valence-corrected chi connectivity index (χ4v) is 9.95. The Labute approximate surface area is 213 Å². The second kappa shape index (κ2) is 7.13. The van der Waals surface area contributed by atoms with Crippen molar-refractivity contribution in [2.45, 2.75) is 22.2 Å². The number of fused-ring (bicyclic) bond motifs is 4. The highest BCUT2D eigenvalue weighted by atomic mass is 32.2. The van der Waals surface area contributed by atoms with Crippen LogP contribution in [0.1, 0.15) is 27.4 Å². The van der Waals surface area contributed by atoms with Crippen molar-refractivity contribution in [1.29, 1.82) is 0 Å². The third-order valence-electron chi connectivity index (χ3n) is 7.85. The van der Waals surface area contributed by atoms with Crippen LogP contribution in [0.3, 0.4) is 0 Å². The number of rotatable bonds is 2. The van der Waals surface area contributed by atoms with Crippen LogP contribution in [0.25, 0.3) is 10.8 Å². The zero-order chi connectivity index (χ0) is 24.1. The average molecular weight is 520 g/mol. The minimum Gasteiger partial charge on any atom is -0.310 e. The molecule has 0 aromatic heterocycles. The summed E-state index contributed by atoms with van der Waals surface area (Å²) in [7, 11) is 0. The Hall–Kier alpha value is -2.79. The molecule has 4 aliphatic rings. The minimum atomic E-state index is -1.24. The third kappa shape index (κ3) is 2.41. The van der Waals surface area contributed by atoms with Gasteiger partial charge < -0.3 is 5.32 Å². The average Bonchev–Trinajstić information content (AvgIpc) is 3.55. The number of thiocarbonyl (C=S) groups is 1. The molecule has 3 fully saturated rings. The Balaban J connectivity index is 1.56. The largest absolute Gasteiger partial charge is 0.310 e. The summed E-state index contributed by atoms with van der Waals surface area (Å²) in [6.07, 6.45) is 0. The molecule has 4 atom stereocenters. The molecular weight excluding hydrogens is 502 g/mol. The molecule has 7 rings (SSSR count). The molecule has 1 aliphatic carbocycles. The number of nitro benzene ring substituents is 1. The number of amides is 1. The van der Waals surface area contributed by atoms with Crippen molar-refractivity contribution in [1.82, 2.24) is 10.2 Å². The highest BCUT2D eigenvalue weighted by molar-refractivity contribution is 8.25. The number of nitrogens with zero attached hydrogens (tertiary/aromatic N) is 2. The van der Waals surface area contributed by atoms with Crippen molar-refractivity contribution in [2.24, 2.45) is 0 Å². The molecule has 0 saturated carbocycles. The van der Waals surface area contributed by atoms with Crippen molar-refractivity contribution in [3.05, 3.63) is 87.5 Å². The topological polar surface area (TPSA) is 92.5 Å². The number of nitrogens with one attached hydrogen (secondary N) is 1. The highest BCUT2D eigenvalue weighted by Gasteiger charge is 2.80. The number of ketones is 1. The lowest BCUT2D eigenvalue weighted by Gasteiger charge is -2.43. The van der Waals surface area contributed by atoms with E-state index < -0.39 is 21.1 Å². The van der Waals surface area contributed by atoms with Gasteiger partial charge in [-0.1, -0.05) is 72.5 Å². The van der Waals surface area contributed by atoms with Gasteiger partial charge in [0.1, 0.15) is 14.6 Å². The number of benzene rings is 3. The van der Waals surface area contributed by atoms with Crippen LogP contribution in [0.2, 0.25) is 0 Å². The first-order valence-corrected chi connectivity index (χ1v) is 13.5. The molecule has 10 heteroatoms. The summed E-state index contributed by atoms with van der Waals surface area (Å²) in [4.78, 5) is 41.7. The van der Waals surface area contributed by atoms with Gasteiger partial charge >= 0.3 is 0 Å². The standard InChI is InChI=1S/C25H17N3O4S3/c29-21-16-5-1-3-13-4-2-6-17(19(13)16)24(21)25(22(30)26-23(33)35-25)20(18-11-34-12-27(18)24)14-7-9-15(10-8-14)28(31)32/h1-10,18,20H,11-12H2,(H,26,30,33)/t18-,20-,24-,25+/m1/s1. The lowest BCUT2D eigenvalue weighted by atomic mass is 9.70. The predicted octanol–water partition coefficient (Wildman–Crippen LogP) is 4.20. The van der Waals surface area contributed by atoms with Gasteiger partial charge in [-0.25, -0.2) is 0 Å². The van der Waals surface area contributed by atoms with Gasteiger partial charge in [0.2, 0.25) is 5.91 Å². The fraction of sp³-hybridized carbons (Fsp3) is 0.240. The summed E-state index contributed by atoms with van der Waals surface area (Å²) >= 11 is 8.54. The summed E-state index contributed by atoms with van der Waals surface area (Å²) in [5, 5.41) is 16.0. The quantitative estimate of drug-likeness (QED) is 0.306. The maximum absolute atomic E-state index is 14.6. The number of hydrogen-bond donors (Lipinski definition) is 1. The SMILES string of the molecule is O=C1NC(=S)S[C@@]12[C@H](c1ccc([N+](=O)[O-])cc1)[C@H]1CSCN1[C@]21C(=O)c2cccc3cccc1c23. The summed E-state index contributed by atoms with van der Waals surface area (Å²) in [5.41, 5.74) is 1.03. The first-order valence-electron chi connectivity index (χ1n) is 11.1. The van der Waals surface area contributed by atoms with E-state index in [2.05, 4.69) is 10.2 Å². The van der Waals surface area contributed by atoms with E-state index in [9.17, 15) is 19.7 Å². The van der Waals surface area contributed by atoms with Crippen LogP contribution in [0.5, 0.6) is 0 Å². The molecule has 0 unspecified atom stereocenters. The zero-order valence-corrected chi connectivity index (χ0v) is 20.5. The Morgan fingerprint density at radius 1 is 1.09 bits per heavy atom. The van der Waals surface area contributed by atoms with Crippen molar-refractivity contribution in [2.75, 3.05) is 11.6 Å². The van der Waals surface area contributed by atoms with Gasteiger partial charge in [0.15, 0.2) is 5.78 Å². The van der Waals surface area contributed by atoms with Gasteiger partial charge in [0.25, 0.3) is 5.69 Å². The molecule has 3 aromatic rings. The molecule has 3 aromatic carbocycles. The number of hydrogen-bond acceptors (Lipinski definition) is 8. The van der Waals surface area contributed by atoms with E-state index in [1.807, 2.05) is 36.4 Å². The lowest BCUT2D eigenvalue weighted by molar-refractivity contribution is -0.384. The van der Waals surface area contributed by atoms with Gasteiger partial charge in [-0.05, 0) is 21.9 Å². The van der Waals surface area contributed by atoms with E-state index in [1.165, 1.54) is 23.9 Å². The van der Waals surface area contributed by atoms with E-state index in [4.69, 9.17) is 12.2 Å². The van der Waals surface area contributed by atoms with E-state index in [-0.39, 0.29) is 23.4 Å². The minimum absolute atomic E-state index is 0.0127. The zero-order valence-electron chi connectivity index (χ0n) is 18.1. The first kappa shape index (κ1) is 21.5. The smallest absolute Gasteiger partial charge is 0.269 e. The number of carbonyl (C=O) groups excluding carboxylic acids is 2. The molecule has 1 N–H and O–H groups in total. The van der Waals surface area contributed by atoms with Crippen LogP contribution in [0.4, 0.5) is 5.69 Å². The predicted molar refractivity (Wildman–Crippen MR) is 140 cm³/mol. The molecule has 7 nitrogen and oxygen atoms in total. The number of carbonyl (C=O) groups is 2. The number of Topliss-reactive ketones (excluding diaryl/α,β-unsaturated/α-hetero) is 1. The van der Waals surface area contributed by atoms with Gasteiger partial charge in [-0.15, -0.1) is 11.8 Å². The Morgan fingerprint density at radius 2 is 1.83 bits per heavy atom. The van der Waals surface area contributed by atoms with Crippen LogP contribution < -0.4 is 5.32 Å². The van der Waals surface area contributed by atoms with E-state index in [1.54, 1.807) is 23.9 Å². The van der Waals surface area contributed by atoms with Crippen molar-refractivity contribution in [3.8, 4) is 0 Å². The van der Waals surface area contributed by atoms with Crippen LogP contribution in [-0.4, -0.2) is 48.3 Å². The molecule has 0 radical (unpaired) electrons. The van der Waals surface area contributed by atoms with E-state index in [0.717, 1.165) is 27.7 Å². The normalized spacial score (nSPS) is 31.1. The lowest BCUT2D eigenvalue weighted by Crippen LogP contribution is -2.61. The van der Waals surface area contributed by atoms with Crippen molar-refractivity contribution < 1.29 is 14.5 Å². The second-order valence-corrected chi connectivity index (χ2v) is 12.1. The Kier molecular flexibility index (Phi) is 4.38. The van der Waals surface area contributed by atoms with E-state index >= 15 is 0 Å². The molecule has 2 spiro atoms. The van der Waals surface area contributed by atoms with Crippen LogP contribution in [0, 0.1) is 10.1 Å². The van der Waals surface area contributed by atoms with Crippen LogP contribution in [0.15, 0.2) is 60.7 Å². The summed E-state index contributed by atoms with van der Waals surface area (Å²) in [6, 6.07) is 17.9. The summed E-state index contributed by atoms with van der Waals surface area (Å²) in [5.74, 6) is 0.608. The van der Waals surface area contributed by atoms with Gasteiger partial charge in [-0.2, -0.15) is 0 Å². The molecule has 174 valence electrons. The van der Waals surface area contributed by atoms with E-state index in [0.29, 0.717) is 15.8 Å². The maximum atomic E-state index is 14.6. The first-order chi connectivity index (χ1) is 16.9. The third-order valence-corrected chi connectivity index (χ3v) is 10.6. The van der Waals surface area contributed by atoms with Crippen LogP contribution >= 0.6 is 35.7 Å². The van der Waals surface area contributed by atoms with Crippen molar-refractivity contribution in [3.63, 3.8) is 0 Å². The number of non-ortho nitro benzene ring substituents is 1. The fourth-order valence-electron chi connectivity index (χ4n) is 6.70. The molecular formula is C25H17N3O4S3. The Bertz CT molecular complexity index is 1500. The van der Waals surface area contributed by atoms with Gasteiger partial charge in [0, 0.05) is 41.3 Å². The van der Waals surface area contributed by atoms with Crippen molar-refractivity contribution >= 4 is 68.2 Å². The summed E-state index contributed by atoms with van der Waals surface area (Å²) in [6.45, 7) is 0. The Morgan fingerprint density at radius 3 is 2.51 bits per heavy atom. The van der Waals surface area contributed by atoms with Gasteiger partial charge in [0.05, 0.1) is 4.92 Å². The molecule has 35 heavy (non-hydrogen) atoms. The monoisotopic (exact) mass is 519 g/mol. The molecule has 3 saturated heterocycles. The number of nitro groups is 1. The van der Waals surface area contributed by atoms with Crippen LogP contribution in [-0.2, 0) is 10.3 Å². The highest BCUT2D eigenvalue weighted by Crippen LogP contribution is 2.69. The molecule has 3 aliphatic heterocycles. The maximum Gasteiger partial charge on any atom is 0.269 e. The molecule has 3 heterocycles. The summed E-state index contributed by atoms with van der Waals surface area (Å²) < 4.78 is -0.887. The molecule has 1 amide bonds.